The van der Waals surface area contributed by atoms with Gasteiger partial charge in [0.1, 0.15) is 11.5 Å². The topological polar surface area (TPSA) is 18.5 Å². The van der Waals surface area contributed by atoms with Crippen molar-refractivity contribution in [3.05, 3.63) is 23.3 Å². The zero-order valence-corrected chi connectivity index (χ0v) is 10.8. The molecule has 0 saturated heterocycles. The van der Waals surface area contributed by atoms with Crippen LogP contribution in [0.4, 0.5) is 0 Å². The summed E-state index contributed by atoms with van der Waals surface area (Å²) in [4.78, 5) is 0. The molecule has 0 N–H and O–H groups in total. The molecule has 0 aliphatic carbocycles. The lowest BCUT2D eigenvalue weighted by atomic mass is 10.0. The predicted octanol–water partition coefficient (Wildman–Crippen LogP) is 3.61. The Morgan fingerprint density at radius 1 is 0.938 bits per heavy atom. The fourth-order valence-electron chi connectivity index (χ4n) is 2.06. The SMILES string of the molecule is CCCc1ccc(OC)c(CCC)c1OC. The van der Waals surface area contributed by atoms with Crippen LogP contribution in [-0.4, -0.2) is 14.2 Å². The Morgan fingerprint density at radius 3 is 2.12 bits per heavy atom. The van der Waals surface area contributed by atoms with E-state index in [-0.39, 0.29) is 0 Å². The van der Waals surface area contributed by atoms with Crippen molar-refractivity contribution in [1.29, 1.82) is 0 Å². The highest BCUT2D eigenvalue weighted by molar-refractivity contribution is 5.50. The van der Waals surface area contributed by atoms with Crippen LogP contribution in [0, 0.1) is 0 Å². The van der Waals surface area contributed by atoms with E-state index in [4.69, 9.17) is 9.47 Å². The molecule has 0 aromatic heterocycles. The van der Waals surface area contributed by atoms with Crippen molar-refractivity contribution in [3.63, 3.8) is 0 Å². The van der Waals surface area contributed by atoms with Gasteiger partial charge >= 0.3 is 0 Å². The maximum Gasteiger partial charge on any atom is 0.128 e. The summed E-state index contributed by atoms with van der Waals surface area (Å²) in [6, 6.07) is 4.17. The summed E-state index contributed by atoms with van der Waals surface area (Å²) in [6.07, 6.45) is 4.30. The number of rotatable bonds is 6. The minimum absolute atomic E-state index is 0.943. The maximum absolute atomic E-state index is 5.54. The van der Waals surface area contributed by atoms with E-state index in [1.165, 1.54) is 11.1 Å². The fraction of sp³-hybridized carbons (Fsp3) is 0.571. The van der Waals surface area contributed by atoms with Gasteiger partial charge in [-0.15, -0.1) is 0 Å². The Hall–Kier alpha value is -1.18. The Kier molecular flexibility index (Phi) is 5.17. The second-order valence-corrected chi connectivity index (χ2v) is 3.94. The summed E-state index contributed by atoms with van der Waals surface area (Å²) in [5.41, 5.74) is 2.49. The molecular formula is C14H22O2. The van der Waals surface area contributed by atoms with Crippen LogP contribution < -0.4 is 9.47 Å². The largest absolute Gasteiger partial charge is 0.496 e. The molecule has 0 bridgehead atoms. The van der Waals surface area contributed by atoms with Crippen LogP contribution in [0.2, 0.25) is 0 Å². The van der Waals surface area contributed by atoms with E-state index in [9.17, 15) is 0 Å². The van der Waals surface area contributed by atoms with Crippen molar-refractivity contribution in [3.8, 4) is 11.5 Å². The number of methoxy groups -OCH3 is 2. The van der Waals surface area contributed by atoms with Gasteiger partial charge < -0.3 is 9.47 Å². The first-order chi connectivity index (χ1) is 7.78. The van der Waals surface area contributed by atoms with Gasteiger partial charge in [0.15, 0.2) is 0 Å². The molecule has 16 heavy (non-hydrogen) atoms. The molecule has 0 saturated carbocycles. The van der Waals surface area contributed by atoms with Crippen LogP contribution >= 0.6 is 0 Å². The van der Waals surface area contributed by atoms with Crippen molar-refractivity contribution in [2.24, 2.45) is 0 Å². The smallest absolute Gasteiger partial charge is 0.128 e. The van der Waals surface area contributed by atoms with Crippen LogP contribution in [0.25, 0.3) is 0 Å². The van der Waals surface area contributed by atoms with Gasteiger partial charge in [-0.2, -0.15) is 0 Å². The molecule has 0 radical (unpaired) electrons. The summed E-state index contributed by atoms with van der Waals surface area (Å²) in [7, 11) is 3.46. The Labute approximate surface area is 98.6 Å². The molecule has 1 rings (SSSR count). The van der Waals surface area contributed by atoms with Gasteiger partial charge in [0.05, 0.1) is 14.2 Å². The molecule has 0 amide bonds. The third-order valence-electron chi connectivity index (χ3n) is 2.74. The van der Waals surface area contributed by atoms with E-state index in [1.54, 1.807) is 14.2 Å². The third-order valence-corrected chi connectivity index (χ3v) is 2.74. The van der Waals surface area contributed by atoms with E-state index in [0.29, 0.717) is 0 Å². The van der Waals surface area contributed by atoms with Crippen molar-refractivity contribution < 1.29 is 9.47 Å². The van der Waals surface area contributed by atoms with E-state index < -0.39 is 0 Å². The zero-order chi connectivity index (χ0) is 12.0. The average Bonchev–Trinajstić information content (AvgIpc) is 2.30. The summed E-state index contributed by atoms with van der Waals surface area (Å²) >= 11 is 0. The molecule has 1 aromatic rings. The van der Waals surface area contributed by atoms with Gasteiger partial charge in [-0.05, 0) is 24.5 Å². The predicted molar refractivity (Wildman–Crippen MR) is 67.5 cm³/mol. The highest BCUT2D eigenvalue weighted by atomic mass is 16.5. The summed E-state index contributed by atoms with van der Waals surface area (Å²) in [5.74, 6) is 1.96. The van der Waals surface area contributed by atoms with Crippen molar-refractivity contribution >= 4 is 0 Å². The van der Waals surface area contributed by atoms with Gasteiger partial charge in [0, 0.05) is 5.56 Å². The summed E-state index contributed by atoms with van der Waals surface area (Å²) in [6.45, 7) is 4.36. The molecule has 0 aliphatic rings. The van der Waals surface area contributed by atoms with Crippen LogP contribution in [0.5, 0.6) is 11.5 Å². The first-order valence-electron chi connectivity index (χ1n) is 6.01. The fourth-order valence-corrected chi connectivity index (χ4v) is 2.06. The number of hydrogen-bond donors (Lipinski definition) is 0. The molecule has 0 fully saturated rings. The quantitative estimate of drug-likeness (QED) is 0.732. The molecule has 2 nitrogen and oxygen atoms in total. The van der Waals surface area contributed by atoms with Crippen LogP contribution in [0.1, 0.15) is 37.8 Å². The molecule has 1 aromatic carbocycles. The second kappa shape index (κ2) is 6.41. The standard InChI is InChI=1S/C14H22O2/c1-5-7-11-9-10-13(15-3)12(8-6-2)14(11)16-4/h9-10H,5-8H2,1-4H3. The van der Waals surface area contributed by atoms with Crippen LogP contribution in [0.15, 0.2) is 12.1 Å². The molecule has 0 spiro atoms. The zero-order valence-electron chi connectivity index (χ0n) is 10.8. The average molecular weight is 222 g/mol. The summed E-state index contributed by atoms with van der Waals surface area (Å²) < 4.78 is 10.9. The number of benzene rings is 1. The Bertz CT molecular complexity index is 332. The lowest BCUT2D eigenvalue weighted by Gasteiger charge is -2.16. The third kappa shape index (κ3) is 2.69. The highest BCUT2D eigenvalue weighted by Crippen LogP contribution is 2.33. The first-order valence-corrected chi connectivity index (χ1v) is 6.01. The highest BCUT2D eigenvalue weighted by Gasteiger charge is 2.13. The van der Waals surface area contributed by atoms with Crippen LogP contribution in [-0.2, 0) is 12.8 Å². The number of ether oxygens (including phenoxy) is 2. The Morgan fingerprint density at radius 2 is 1.62 bits per heavy atom. The van der Waals surface area contributed by atoms with Crippen molar-refractivity contribution in [2.45, 2.75) is 39.5 Å². The summed E-state index contributed by atoms with van der Waals surface area (Å²) in [5, 5.41) is 0. The van der Waals surface area contributed by atoms with Gasteiger partial charge in [-0.3, -0.25) is 0 Å². The van der Waals surface area contributed by atoms with Crippen LogP contribution in [0.3, 0.4) is 0 Å². The minimum atomic E-state index is 0.943. The minimum Gasteiger partial charge on any atom is -0.496 e. The van der Waals surface area contributed by atoms with E-state index >= 15 is 0 Å². The molecule has 0 unspecified atom stereocenters. The van der Waals surface area contributed by atoms with E-state index in [2.05, 4.69) is 26.0 Å². The molecule has 0 atom stereocenters. The van der Waals surface area contributed by atoms with E-state index in [0.717, 1.165) is 37.2 Å². The lowest BCUT2D eigenvalue weighted by molar-refractivity contribution is 0.381. The van der Waals surface area contributed by atoms with Gasteiger partial charge in [0.25, 0.3) is 0 Å². The van der Waals surface area contributed by atoms with Gasteiger partial charge in [-0.1, -0.05) is 32.8 Å². The van der Waals surface area contributed by atoms with E-state index in [1.807, 2.05) is 0 Å². The first kappa shape index (κ1) is 12.9. The molecular weight excluding hydrogens is 200 g/mol. The normalized spacial score (nSPS) is 10.2. The monoisotopic (exact) mass is 222 g/mol. The van der Waals surface area contributed by atoms with Crippen molar-refractivity contribution in [1.82, 2.24) is 0 Å². The van der Waals surface area contributed by atoms with Gasteiger partial charge in [0.2, 0.25) is 0 Å². The number of aryl methyl sites for hydroxylation is 1. The lowest BCUT2D eigenvalue weighted by Crippen LogP contribution is -2.00. The molecule has 90 valence electrons. The van der Waals surface area contributed by atoms with Gasteiger partial charge in [-0.25, -0.2) is 0 Å². The Balaban J connectivity index is 3.19. The van der Waals surface area contributed by atoms with Crippen molar-refractivity contribution in [2.75, 3.05) is 14.2 Å². The number of hydrogen-bond acceptors (Lipinski definition) is 2. The molecule has 2 heteroatoms. The second-order valence-electron chi connectivity index (χ2n) is 3.94. The molecule has 0 aliphatic heterocycles. The maximum atomic E-state index is 5.54. The molecule has 0 heterocycles.